The van der Waals surface area contributed by atoms with Crippen molar-refractivity contribution in [1.29, 1.82) is 0 Å². The third-order valence-electron chi connectivity index (χ3n) is 3.08. The molecule has 0 bridgehead atoms. The molecule has 1 N–H and O–H groups in total. The van der Waals surface area contributed by atoms with E-state index >= 15 is 0 Å². The monoisotopic (exact) mass is 279 g/mol. The van der Waals surface area contributed by atoms with Gasteiger partial charge in [0.05, 0.1) is 5.75 Å². The molecule has 0 aromatic heterocycles. The molecule has 0 fully saturated rings. The molecule has 0 spiro atoms. The third-order valence-corrected chi connectivity index (χ3v) is 4.87. The summed E-state index contributed by atoms with van der Waals surface area (Å²) in [6, 6.07) is 0.396. The summed E-state index contributed by atoms with van der Waals surface area (Å²) in [7, 11) is -1.11. The first-order chi connectivity index (χ1) is 8.45. The first-order valence-corrected chi connectivity index (χ1v) is 8.70. The molecule has 0 saturated carbocycles. The van der Waals surface area contributed by atoms with Crippen molar-refractivity contribution in [1.82, 2.24) is 5.32 Å². The van der Waals surface area contributed by atoms with Gasteiger partial charge in [-0.3, -0.25) is 0 Å². The summed E-state index contributed by atoms with van der Waals surface area (Å²) in [6.45, 7) is 7.63. The summed E-state index contributed by atoms with van der Waals surface area (Å²) in [5.74, 6) is 1.06. The number of rotatable bonds is 11. The molecule has 2 unspecified atom stereocenters. The molecule has 0 amide bonds. The molecule has 0 aliphatic carbocycles. The highest BCUT2D eigenvalue weighted by molar-refractivity contribution is 7.91. The summed E-state index contributed by atoms with van der Waals surface area (Å²) in [6.07, 6.45) is 2.70. The Labute approximate surface area is 112 Å². The van der Waals surface area contributed by atoms with E-state index in [0.717, 1.165) is 32.4 Å². The van der Waals surface area contributed by atoms with E-state index in [4.69, 9.17) is 4.74 Å². The van der Waals surface area contributed by atoms with Crippen molar-refractivity contribution in [3.8, 4) is 0 Å². The lowest BCUT2D eigenvalue weighted by atomic mass is 9.99. The van der Waals surface area contributed by atoms with Crippen LogP contribution in [0.3, 0.4) is 0 Å². The number of hydrogen-bond acceptors (Lipinski definition) is 4. The Hall–Kier alpha value is -0.130. The van der Waals surface area contributed by atoms with Crippen LogP contribution in [0.5, 0.6) is 0 Å². The van der Waals surface area contributed by atoms with Crippen molar-refractivity contribution in [3.05, 3.63) is 0 Å². The predicted molar refractivity (Wildman–Crippen MR) is 76.7 cm³/mol. The van der Waals surface area contributed by atoms with Gasteiger partial charge in [-0.25, -0.2) is 8.42 Å². The van der Waals surface area contributed by atoms with E-state index in [9.17, 15) is 8.42 Å². The SMILES string of the molecule is CCNC(CCCS(=O)(=O)CC)CC(C)COC. The summed E-state index contributed by atoms with van der Waals surface area (Å²) >= 11 is 0. The molecule has 0 heterocycles. The van der Waals surface area contributed by atoms with Gasteiger partial charge in [-0.15, -0.1) is 0 Å². The quantitative estimate of drug-likeness (QED) is 0.627. The Kier molecular flexibility index (Phi) is 9.68. The second-order valence-corrected chi connectivity index (χ2v) is 7.40. The average molecular weight is 279 g/mol. The van der Waals surface area contributed by atoms with E-state index < -0.39 is 9.84 Å². The minimum absolute atomic E-state index is 0.249. The Morgan fingerprint density at radius 3 is 2.44 bits per heavy atom. The molecule has 0 aromatic carbocycles. The van der Waals surface area contributed by atoms with Gasteiger partial charge in [0.1, 0.15) is 9.84 Å². The van der Waals surface area contributed by atoms with Gasteiger partial charge < -0.3 is 10.1 Å². The summed E-state index contributed by atoms with van der Waals surface area (Å²) < 4.78 is 28.0. The van der Waals surface area contributed by atoms with Crippen LogP contribution in [-0.2, 0) is 14.6 Å². The Morgan fingerprint density at radius 1 is 1.28 bits per heavy atom. The topological polar surface area (TPSA) is 55.4 Å². The van der Waals surface area contributed by atoms with E-state index in [-0.39, 0.29) is 5.75 Å². The largest absolute Gasteiger partial charge is 0.384 e. The number of hydrogen-bond donors (Lipinski definition) is 1. The van der Waals surface area contributed by atoms with E-state index in [1.165, 1.54) is 0 Å². The van der Waals surface area contributed by atoms with Crippen LogP contribution in [0.2, 0.25) is 0 Å². The second-order valence-electron chi connectivity index (χ2n) is 4.93. The summed E-state index contributed by atoms with van der Waals surface area (Å²) in [4.78, 5) is 0. The van der Waals surface area contributed by atoms with Gasteiger partial charge in [0.2, 0.25) is 0 Å². The van der Waals surface area contributed by atoms with E-state index in [1.807, 2.05) is 0 Å². The number of nitrogens with one attached hydrogen (secondary N) is 1. The zero-order valence-electron chi connectivity index (χ0n) is 12.2. The zero-order valence-corrected chi connectivity index (χ0v) is 13.1. The van der Waals surface area contributed by atoms with Crippen LogP contribution in [0.15, 0.2) is 0 Å². The molecule has 0 radical (unpaired) electrons. The third kappa shape index (κ3) is 8.89. The van der Waals surface area contributed by atoms with Gasteiger partial charge >= 0.3 is 0 Å². The molecule has 0 saturated heterocycles. The fourth-order valence-corrected chi connectivity index (χ4v) is 3.02. The highest BCUT2D eigenvalue weighted by atomic mass is 32.2. The number of ether oxygens (including phenoxy) is 1. The zero-order chi connectivity index (χ0) is 14.0. The normalized spacial score (nSPS) is 15.6. The lowest BCUT2D eigenvalue weighted by Crippen LogP contribution is -2.32. The van der Waals surface area contributed by atoms with Gasteiger partial charge in [0, 0.05) is 25.5 Å². The van der Waals surface area contributed by atoms with Crippen LogP contribution in [0.25, 0.3) is 0 Å². The molecule has 2 atom stereocenters. The van der Waals surface area contributed by atoms with Crippen LogP contribution < -0.4 is 5.32 Å². The van der Waals surface area contributed by atoms with Crippen molar-refractivity contribution in [2.45, 2.75) is 46.1 Å². The average Bonchev–Trinajstić information content (AvgIpc) is 2.29. The van der Waals surface area contributed by atoms with E-state index in [2.05, 4.69) is 19.2 Å². The van der Waals surface area contributed by atoms with E-state index in [0.29, 0.717) is 17.7 Å². The van der Waals surface area contributed by atoms with Gasteiger partial charge in [-0.2, -0.15) is 0 Å². The minimum atomic E-state index is -2.82. The number of sulfone groups is 1. The van der Waals surface area contributed by atoms with Crippen LogP contribution in [0.1, 0.15) is 40.0 Å². The van der Waals surface area contributed by atoms with Crippen LogP contribution in [0.4, 0.5) is 0 Å². The first kappa shape index (κ1) is 17.9. The predicted octanol–water partition coefficient (Wildman–Crippen LogP) is 1.85. The first-order valence-electron chi connectivity index (χ1n) is 6.87. The molecule has 0 aliphatic heterocycles. The standard InChI is InChI=1S/C13H29NO3S/c1-5-14-13(10-12(3)11-17-4)8-7-9-18(15,16)6-2/h12-14H,5-11H2,1-4H3. The van der Waals surface area contributed by atoms with Crippen molar-refractivity contribution in [2.24, 2.45) is 5.92 Å². The highest BCUT2D eigenvalue weighted by Crippen LogP contribution is 2.12. The summed E-state index contributed by atoms with van der Waals surface area (Å²) in [5.41, 5.74) is 0. The Bertz CT molecular complexity index is 291. The maximum Gasteiger partial charge on any atom is 0.150 e. The maximum absolute atomic E-state index is 11.4. The fourth-order valence-electron chi connectivity index (χ4n) is 2.12. The minimum Gasteiger partial charge on any atom is -0.384 e. The van der Waals surface area contributed by atoms with Crippen molar-refractivity contribution in [3.63, 3.8) is 0 Å². The highest BCUT2D eigenvalue weighted by Gasteiger charge is 2.14. The molecule has 110 valence electrons. The molecule has 0 aromatic rings. The molecular formula is C13H29NO3S. The molecule has 4 nitrogen and oxygen atoms in total. The van der Waals surface area contributed by atoms with Gasteiger partial charge in [0.15, 0.2) is 0 Å². The number of methoxy groups -OCH3 is 1. The summed E-state index contributed by atoms with van der Waals surface area (Å²) in [5, 5.41) is 3.43. The lowest BCUT2D eigenvalue weighted by Gasteiger charge is -2.21. The molecular weight excluding hydrogens is 250 g/mol. The maximum atomic E-state index is 11.4. The molecule has 18 heavy (non-hydrogen) atoms. The van der Waals surface area contributed by atoms with Crippen LogP contribution >= 0.6 is 0 Å². The molecule has 0 rings (SSSR count). The van der Waals surface area contributed by atoms with Crippen LogP contribution in [0, 0.1) is 5.92 Å². The van der Waals surface area contributed by atoms with Crippen molar-refractivity contribution < 1.29 is 13.2 Å². The Balaban J connectivity index is 4.04. The Morgan fingerprint density at radius 2 is 1.94 bits per heavy atom. The smallest absolute Gasteiger partial charge is 0.150 e. The van der Waals surface area contributed by atoms with Crippen molar-refractivity contribution >= 4 is 9.84 Å². The second kappa shape index (κ2) is 9.75. The fraction of sp³-hybridized carbons (Fsp3) is 1.00. The van der Waals surface area contributed by atoms with Gasteiger partial charge in [-0.1, -0.05) is 20.8 Å². The lowest BCUT2D eigenvalue weighted by molar-refractivity contribution is 0.148. The molecule has 0 aliphatic rings. The van der Waals surface area contributed by atoms with Crippen molar-refractivity contribution in [2.75, 3.05) is 31.8 Å². The van der Waals surface area contributed by atoms with Gasteiger partial charge in [0.25, 0.3) is 0 Å². The van der Waals surface area contributed by atoms with Crippen LogP contribution in [-0.4, -0.2) is 46.2 Å². The van der Waals surface area contributed by atoms with E-state index in [1.54, 1.807) is 14.0 Å². The van der Waals surface area contributed by atoms with Gasteiger partial charge in [-0.05, 0) is 31.7 Å². The molecule has 5 heteroatoms.